The highest BCUT2D eigenvalue weighted by Gasteiger charge is 2.29. The number of hydrogen-bond donors (Lipinski definition) is 1. The maximum absolute atomic E-state index is 13.0. The fourth-order valence-electron chi connectivity index (χ4n) is 2.91. The van der Waals surface area contributed by atoms with Gasteiger partial charge in [0.2, 0.25) is 10.0 Å². The van der Waals surface area contributed by atoms with E-state index in [0.29, 0.717) is 18.8 Å². The Labute approximate surface area is 143 Å². The number of aryl methyl sites for hydroxylation is 1. The van der Waals surface area contributed by atoms with Crippen LogP contribution in [-0.2, 0) is 29.7 Å². The largest absolute Gasteiger partial charge is 0.390 e. The van der Waals surface area contributed by atoms with E-state index in [1.165, 1.54) is 15.6 Å². The van der Waals surface area contributed by atoms with Gasteiger partial charge in [0, 0.05) is 6.54 Å². The molecule has 126 valence electrons. The molecule has 0 saturated heterocycles. The predicted molar refractivity (Wildman–Crippen MR) is 90.1 cm³/mol. The van der Waals surface area contributed by atoms with Gasteiger partial charge in [-0.25, -0.2) is 13.4 Å². The lowest BCUT2D eigenvalue weighted by Gasteiger charge is -2.26. The molecule has 3 aromatic rings. The number of thiazole rings is 1. The van der Waals surface area contributed by atoms with E-state index in [9.17, 15) is 13.5 Å². The van der Waals surface area contributed by atoms with E-state index in [2.05, 4.69) is 10.1 Å². The Bertz CT molecular complexity index is 1020. The standard InChI is InChI=1S/C15H16N4O3S2/c1-10-16-14-3-2-13(7-15(14)23-10)24(21,22)18-4-5-19-12(8-18)6-11(9-20)17-19/h2-3,6-7,20H,4-5,8-9H2,1H3. The summed E-state index contributed by atoms with van der Waals surface area (Å²) in [5, 5.41) is 14.3. The van der Waals surface area contributed by atoms with Gasteiger partial charge in [-0.3, -0.25) is 4.68 Å². The highest BCUT2D eigenvalue weighted by Crippen LogP contribution is 2.28. The van der Waals surface area contributed by atoms with Crippen LogP contribution in [0.4, 0.5) is 0 Å². The molecule has 0 radical (unpaired) electrons. The molecule has 1 aliphatic rings. The molecule has 24 heavy (non-hydrogen) atoms. The Morgan fingerprint density at radius 2 is 2.12 bits per heavy atom. The first-order valence-corrected chi connectivity index (χ1v) is 9.77. The zero-order chi connectivity index (χ0) is 16.9. The first-order chi connectivity index (χ1) is 11.5. The fraction of sp³-hybridized carbons (Fsp3) is 0.333. The van der Waals surface area contributed by atoms with Gasteiger partial charge in [0.25, 0.3) is 0 Å². The minimum absolute atomic E-state index is 0.145. The Hall–Kier alpha value is -1.81. The molecule has 0 saturated carbocycles. The number of sulfonamides is 1. The molecule has 2 aromatic heterocycles. The van der Waals surface area contributed by atoms with Crippen LogP contribution in [0.3, 0.4) is 0 Å². The number of nitrogens with zero attached hydrogens (tertiary/aromatic N) is 4. The van der Waals surface area contributed by atoms with Crippen molar-refractivity contribution in [2.75, 3.05) is 6.54 Å². The van der Waals surface area contributed by atoms with Crippen molar-refractivity contribution in [2.24, 2.45) is 0 Å². The van der Waals surface area contributed by atoms with Gasteiger partial charge in [-0.1, -0.05) is 0 Å². The number of aliphatic hydroxyl groups excluding tert-OH is 1. The molecule has 0 bridgehead atoms. The quantitative estimate of drug-likeness (QED) is 0.761. The number of aromatic nitrogens is 3. The summed E-state index contributed by atoms with van der Waals surface area (Å²) in [6.45, 7) is 2.87. The van der Waals surface area contributed by atoms with Crippen molar-refractivity contribution < 1.29 is 13.5 Å². The molecule has 0 unspecified atom stereocenters. The molecule has 4 rings (SSSR count). The van der Waals surface area contributed by atoms with Crippen molar-refractivity contribution in [3.8, 4) is 0 Å². The molecule has 0 amide bonds. The molecular weight excluding hydrogens is 348 g/mol. The number of fused-ring (bicyclic) bond motifs is 2. The maximum Gasteiger partial charge on any atom is 0.243 e. The topological polar surface area (TPSA) is 88.3 Å². The highest BCUT2D eigenvalue weighted by molar-refractivity contribution is 7.89. The molecule has 3 heterocycles. The highest BCUT2D eigenvalue weighted by atomic mass is 32.2. The maximum atomic E-state index is 13.0. The van der Waals surface area contributed by atoms with Gasteiger partial charge in [-0.15, -0.1) is 11.3 Å². The molecule has 0 spiro atoms. The summed E-state index contributed by atoms with van der Waals surface area (Å²) in [5.74, 6) is 0. The summed E-state index contributed by atoms with van der Waals surface area (Å²) in [6, 6.07) is 6.81. The first-order valence-electron chi connectivity index (χ1n) is 7.51. The average molecular weight is 364 g/mol. The van der Waals surface area contributed by atoms with E-state index in [4.69, 9.17) is 0 Å². The van der Waals surface area contributed by atoms with Crippen molar-refractivity contribution in [3.63, 3.8) is 0 Å². The molecule has 1 N–H and O–H groups in total. The van der Waals surface area contributed by atoms with Crippen molar-refractivity contribution in [1.82, 2.24) is 19.1 Å². The number of benzene rings is 1. The molecule has 7 nitrogen and oxygen atoms in total. The summed E-state index contributed by atoms with van der Waals surface area (Å²) < 4.78 is 30.0. The summed E-state index contributed by atoms with van der Waals surface area (Å²) in [4.78, 5) is 4.65. The van der Waals surface area contributed by atoms with Gasteiger partial charge < -0.3 is 5.11 Å². The first kappa shape index (κ1) is 15.7. The number of rotatable bonds is 3. The molecule has 0 fully saturated rings. The van der Waals surface area contributed by atoms with E-state index < -0.39 is 10.0 Å². The molecule has 1 aliphatic heterocycles. The SMILES string of the molecule is Cc1nc2ccc(S(=O)(=O)N3CCn4nc(CO)cc4C3)cc2s1. The van der Waals surface area contributed by atoms with Gasteiger partial charge in [-0.2, -0.15) is 9.40 Å². The van der Waals surface area contributed by atoms with E-state index in [1.807, 2.05) is 6.92 Å². The van der Waals surface area contributed by atoms with E-state index in [-0.39, 0.29) is 18.0 Å². The Morgan fingerprint density at radius 1 is 1.29 bits per heavy atom. The van der Waals surface area contributed by atoms with Gasteiger partial charge in [0.05, 0.1) is 51.2 Å². The van der Waals surface area contributed by atoms with Gasteiger partial charge >= 0.3 is 0 Å². The van der Waals surface area contributed by atoms with Gasteiger partial charge in [0.1, 0.15) is 0 Å². The van der Waals surface area contributed by atoms with Crippen molar-refractivity contribution in [3.05, 3.63) is 40.7 Å². The Morgan fingerprint density at radius 3 is 2.92 bits per heavy atom. The third-order valence-corrected chi connectivity index (χ3v) is 6.85. The van der Waals surface area contributed by atoms with Crippen LogP contribution in [0.1, 0.15) is 16.4 Å². The minimum atomic E-state index is -3.58. The van der Waals surface area contributed by atoms with Crippen molar-refractivity contribution in [1.29, 1.82) is 0 Å². The fourth-order valence-corrected chi connectivity index (χ4v) is 5.28. The lowest BCUT2D eigenvalue weighted by atomic mass is 10.3. The number of hydrogen-bond acceptors (Lipinski definition) is 6. The normalized spacial score (nSPS) is 15.8. The van der Waals surface area contributed by atoms with Crippen LogP contribution in [0.2, 0.25) is 0 Å². The monoisotopic (exact) mass is 364 g/mol. The predicted octanol–water partition coefficient (Wildman–Crippen LogP) is 1.50. The smallest absolute Gasteiger partial charge is 0.243 e. The van der Waals surface area contributed by atoms with E-state index in [0.717, 1.165) is 20.9 Å². The zero-order valence-corrected chi connectivity index (χ0v) is 14.6. The van der Waals surface area contributed by atoms with Crippen LogP contribution in [-0.4, -0.2) is 39.1 Å². The minimum Gasteiger partial charge on any atom is -0.390 e. The molecular formula is C15H16N4O3S2. The Balaban J connectivity index is 1.68. The lowest BCUT2D eigenvalue weighted by molar-refractivity contribution is 0.273. The van der Waals surface area contributed by atoms with Gasteiger partial charge in [-0.05, 0) is 31.2 Å². The molecule has 1 aromatic carbocycles. The van der Waals surface area contributed by atoms with Crippen LogP contribution in [0.15, 0.2) is 29.2 Å². The van der Waals surface area contributed by atoms with E-state index >= 15 is 0 Å². The molecule has 9 heteroatoms. The van der Waals surface area contributed by atoms with Crippen LogP contribution in [0, 0.1) is 6.92 Å². The second kappa shape index (κ2) is 5.62. The van der Waals surface area contributed by atoms with Crippen LogP contribution in [0.25, 0.3) is 10.2 Å². The summed E-state index contributed by atoms with van der Waals surface area (Å²) >= 11 is 1.49. The summed E-state index contributed by atoms with van der Waals surface area (Å²) in [6.07, 6.45) is 0. The third-order valence-electron chi connectivity index (χ3n) is 4.08. The van der Waals surface area contributed by atoms with Crippen LogP contribution >= 0.6 is 11.3 Å². The van der Waals surface area contributed by atoms with E-state index in [1.54, 1.807) is 28.9 Å². The van der Waals surface area contributed by atoms with Crippen molar-refractivity contribution in [2.45, 2.75) is 31.5 Å². The zero-order valence-electron chi connectivity index (χ0n) is 13.0. The van der Waals surface area contributed by atoms with Crippen LogP contribution < -0.4 is 0 Å². The summed E-state index contributed by atoms with van der Waals surface area (Å²) in [5.41, 5.74) is 2.18. The van der Waals surface area contributed by atoms with Crippen LogP contribution in [0.5, 0.6) is 0 Å². The average Bonchev–Trinajstić information content (AvgIpc) is 3.14. The Kier molecular flexibility index (Phi) is 3.68. The lowest BCUT2D eigenvalue weighted by Crippen LogP contribution is -2.38. The van der Waals surface area contributed by atoms with Gasteiger partial charge in [0.15, 0.2) is 0 Å². The van der Waals surface area contributed by atoms with Crippen molar-refractivity contribution >= 4 is 31.6 Å². The second-order valence-electron chi connectivity index (χ2n) is 5.71. The molecule has 0 atom stereocenters. The second-order valence-corrected chi connectivity index (χ2v) is 8.88. The third kappa shape index (κ3) is 2.53. The number of aliphatic hydroxyl groups is 1. The summed E-state index contributed by atoms with van der Waals surface area (Å²) in [7, 11) is -3.58. The molecule has 0 aliphatic carbocycles.